The Hall–Kier alpha value is -1.79. The molecule has 0 bridgehead atoms. The Morgan fingerprint density at radius 1 is 1.41 bits per heavy atom. The van der Waals surface area contributed by atoms with Gasteiger partial charge in [-0.25, -0.2) is 4.79 Å². The van der Waals surface area contributed by atoms with Crippen LogP contribution in [0.5, 0.6) is 0 Å². The number of carboxylic acid groups (broad SMARTS) is 1. The molecule has 2 aromatic rings. The van der Waals surface area contributed by atoms with Gasteiger partial charge in [0.2, 0.25) is 0 Å². The molecule has 0 radical (unpaired) electrons. The van der Waals surface area contributed by atoms with Crippen LogP contribution in [0.4, 0.5) is 5.69 Å². The average molecular weight is 274 g/mol. The quantitative estimate of drug-likeness (QED) is 0.814. The van der Waals surface area contributed by atoms with E-state index >= 15 is 0 Å². The number of nitrogens with zero attached hydrogens (tertiary/aromatic N) is 2. The normalized spacial score (nSPS) is 10.5. The summed E-state index contributed by atoms with van der Waals surface area (Å²) in [6.45, 7) is 0. The molecule has 0 aliphatic rings. The van der Waals surface area contributed by atoms with Gasteiger partial charge in [0.1, 0.15) is 0 Å². The number of anilines is 1. The van der Waals surface area contributed by atoms with Gasteiger partial charge in [-0.05, 0) is 17.3 Å². The lowest BCUT2D eigenvalue weighted by Crippen LogP contribution is -1.98. The largest absolute Gasteiger partial charge is 0.475 e. The monoisotopic (exact) mass is 273 g/mol. The van der Waals surface area contributed by atoms with Crippen molar-refractivity contribution in [2.45, 2.75) is 0 Å². The first-order chi connectivity index (χ1) is 7.99. The van der Waals surface area contributed by atoms with Crippen LogP contribution >= 0.6 is 23.2 Å². The van der Waals surface area contributed by atoms with Gasteiger partial charge in [-0.3, -0.25) is 0 Å². The Morgan fingerprint density at radius 2 is 2.12 bits per heavy atom. The van der Waals surface area contributed by atoms with Crippen LogP contribution < -0.4 is 5.73 Å². The zero-order valence-corrected chi connectivity index (χ0v) is 9.66. The van der Waals surface area contributed by atoms with Gasteiger partial charge < -0.3 is 15.4 Å². The number of carboxylic acids is 1. The van der Waals surface area contributed by atoms with Gasteiger partial charge in [-0.1, -0.05) is 23.2 Å². The molecule has 8 heteroatoms. The lowest BCUT2D eigenvalue weighted by molar-refractivity contribution is 0.0680. The smallest absolute Gasteiger partial charge is 0.377 e. The number of nitrogen functional groups attached to an aromatic ring is 1. The molecule has 2 rings (SSSR count). The predicted octanol–water partition coefficient (Wildman–Crippen LogP) is 2.32. The molecule has 0 saturated heterocycles. The molecule has 0 aliphatic heterocycles. The first kappa shape index (κ1) is 11.7. The second-order valence-corrected chi connectivity index (χ2v) is 3.92. The van der Waals surface area contributed by atoms with Crippen LogP contribution in [0.25, 0.3) is 11.5 Å². The number of rotatable bonds is 2. The molecule has 3 N–H and O–H groups in total. The second kappa shape index (κ2) is 4.23. The van der Waals surface area contributed by atoms with E-state index in [0.717, 1.165) is 0 Å². The minimum Gasteiger partial charge on any atom is -0.475 e. The number of nitrogens with two attached hydrogens (primary N) is 1. The highest BCUT2D eigenvalue weighted by molar-refractivity contribution is 6.37. The molecule has 1 heterocycles. The van der Waals surface area contributed by atoms with Gasteiger partial charge in [0.25, 0.3) is 11.7 Å². The summed E-state index contributed by atoms with van der Waals surface area (Å²) in [5.74, 6) is -1.81. The molecule has 6 nitrogen and oxygen atoms in total. The number of benzene rings is 1. The van der Waals surface area contributed by atoms with Gasteiger partial charge >= 0.3 is 5.97 Å². The SMILES string of the molecule is Nc1c(Cl)cc(Cl)cc1-c1nc(C(=O)O)no1. The van der Waals surface area contributed by atoms with Crippen molar-refractivity contribution in [2.24, 2.45) is 0 Å². The van der Waals surface area contributed by atoms with E-state index in [2.05, 4.69) is 10.1 Å². The number of aromatic nitrogens is 2. The Balaban J connectivity index is 2.56. The van der Waals surface area contributed by atoms with Crippen molar-refractivity contribution in [3.8, 4) is 11.5 Å². The highest BCUT2D eigenvalue weighted by Crippen LogP contribution is 2.33. The zero-order valence-electron chi connectivity index (χ0n) is 8.15. The summed E-state index contributed by atoms with van der Waals surface area (Å²) in [5, 5.41) is 12.5. The van der Waals surface area contributed by atoms with Crippen molar-refractivity contribution in [1.29, 1.82) is 0 Å². The van der Waals surface area contributed by atoms with E-state index in [0.29, 0.717) is 10.6 Å². The third kappa shape index (κ3) is 2.17. The molecule has 0 atom stereocenters. The van der Waals surface area contributed by atoms with Gasteiger partial charge in [-0.15, -0.1) is 0 Å². The van der Waals surface area contributed by atoms with Crippen molar-refractivity contribution in [2.75, 3.05) is 5.73 Å². The van der Waals surface area contributed by atoms with Crippen molar-refractivity contribution < 1.29 is 14.4 Å². The molecule has 88 valence electrons. The van der Waals surface area contributed by atoms with E-state index in [9.17, 15) is 4.79 Å². The van der Waals surface area contributed by atoms with Crippen LogP contribution in [-0.4, -0.2) is 21.2 Å². The molecule has 0 spiro atoms. The lowest BCUT2D eigenvalue weighted by Gasteiger charge is -2.03. The van der Waals surface area contributed by atoms with Crippen molar-refractivity contribution >= 4 is 34.9 Å². The van der Waals surface area contributed by atoms with E-state index in [-0.39, 0.29) is 16.6 Å². The summed E-state index contributed by atoms with van der Waals surface area (Å²) in [4.78, 5) is 14.2. The van der Waals surface area contributed by atoms with Crippen molar-refractivity contribution in [1.82, 2.24) is 10.1 Å². The number of carbonyl (C=O) groups is 1. The average Bonchev–Trinajstić information content (AvgIpc) is 2.72. The first-order valence-corrected chi connectivity index (χ1v) is 5.06. The Morgan fingerprint density at radius 3 is 2.71 bits per heavy atom. The molecule has 0 unspecified atom stereocenters. The first-order valence-electron chi connectivity index (χ1n) is 4.31. The summed E-state index contributed by atoms with van der Waals surface area (Å²) in [7, 11) is 0. The Kier molecular flexibility index (Phi) is 2.91. The number of hydrogen-bond donors (Lipinski definition) is 2. The molecular weight excluding hydrogens is 269 g/mol. The lowest BCUT2D eigenvalue weighted by atomic mass is 10.2. The maximum absolute atomic E-state index is 10.6. The zero-order chi connectivity index (χ0) is 12.6. The number of halogens is 2. The third-order valence-electron chi connectivity index (χ3n) is 1.94. The molecule has 0 fully saturated rings. The molecular formula is C9H5Cl2N3O3. The third-order valence-corrected chi connectivity index (χ3v) is 2.47. The predicted molar refractivity (Wildman–Crippen MR) is 61.1 cm³/mol. The van der Waals surface area contributed by atoms with Gasteiger partial charge in [-0.2, -0.15) is 4.98 Å². The molecule has 0 amide bonds. The molecule has 0 saturated carbocycles. The maximum atomic E-state index is 10.6. The van der Waals surface area contributed by atoms with Gasteiger partial charge in [0.15, 0.2) is 0 Å². The fraction of sp³-hybridized carbons (Fsp3) is 0. The van der Waals surface area contributed by atoms with E-state index in [1.807, 2.05) is 0 Å². The van der Waals surface area contributed by atoms with Crippen LogP contribution in [0.3, 0.4) is 0 Å². The van der Waals surface area contributed by atoms with E-state index in [4.69, 9.17) is 38.6 Å². The van der Waals surface area contributed by atoms with E-state index in [1.54, 1.807) is 0 Å². The fourth-order valence-corrected chi connectivity index (χ4v) is 1.67. The molecule has 1 aromatic heterocycles. The topological polar surface area (TPSA) is 102 Å². The van der Waals surface area contributed by atoms with Crippen LogP contribution in [0.2, 0.25) is 10.0 Å². The molecule has 1 aromatic carbocycles. The number of hydrogen-bond acceptors (Lipinski definition) is 5. The summed E-state index contributed by atoms with van der Waals surface area (Å²) < 4.78 is 4.76. The van der Waals surface area contributed by atoms with Crippen LogP contribution in [0.15, 0.2) is 16.7 Å². The standard InChI is InChI=1S/C9H5Cl2N3O3/c10-3-1-4(6(12)5(11)2-3)8-13-7(9(15)16)14-17-8/h1-2H,12H2,(H,15,16). The maximum Gasteiger partial charge on any atom is 0.377 e. The van der Waals surface area contributed by atoms with Crippen molar-refractivity contribution in [3.05, 3.63) is 28.0 Å². The van der Waals surface area contributed by atoms with E-state index < -0.39 is 11.8 Å². The Bertz CT molecular complexity index is 597. The van der Waals surface area contributed by atoms with Gasteiger partial charge in [0, 0.05) is 5.02 Å². The minimum atomic E-state index is -1.30. The number of aromatic carboxylic acids is 1. The summed E-state index contributed by atoms with van der Waals surface area (Å²) >= 11 is 11.6. The van der Waals surface area contributed by atoms with Gasteiger partial charge in [0.05, 0.1) is 16.3 Å². The molecule has 17 heavy (non-hydrogen) atoms. The highest BCUT2D eigenvalue weighted by Gasteiger charge is 2.17. The Labute approximate surface area is 105 Å². The van der Waals surface area contributed by atoms with Crippen LogP contribution in [0.1, 0.15) is 10.6 Å². The minimum absolute atomic E-state index is 0.0516. The summed E-state index contributed by atoms with van der Waals surface area (Å²) in [6.07, 6.45) is 0. The molecule has 0 aliphatic carbocycles. The summed E-state index contributed by atoms with van der Waals surface area (Å²) in [6, 6.07) is 2.92. The van der Waals surface area contributed by atoms with E-state index in [1.165, 1.54) is 12.1 Å². The highest BCUT2D eigenvalue weighted by atomic mass is 35.5. The van der Waals surface area contributed by atoms with Crippen LogP contribution in [0, 0.1) is 0 Å². The second-order valence-electron chi connectivity index (χ2n) is 3.08. The van der Waals surface area contributed by atoms with Crippen LogP contribution in [-0.2, 0) is 0 Å². The summed E-state index contributed by atoms with van der Waals surface area (Å²) in [5.41, 5.74) is 6.19. The fourth-order valence-electron chi connectivity index (χ4n) is 1.18. The van der Waals surface area contributed by atoms with Crippen molar-refractivity contribution in [3.63, 3.8) is 0 Å².